The van der Waals surface area contributed by atoms with Crippen molar-refractivity contribution in [2.45, 2.75) is 19.8 Å². The van der Waals surface area contributed by atoms with E-state index in [1.165, 1.54) is 6.20 Å². The summed E-state index contributed by atoms with van der Waals surface area (Å²) in [6.45, 7) is 3.25. The molecule has 0 saturated carbocycles. The van der Waals surface area contributed by atoms with Gasteiger partial charge in [-0.2, -0.15) is 4.98 Å². The summed E-state index contributed by atoms with van der Waals surface area (Å²) in [7, 11) is 0. The van der Waals surface area contributed by atoms with Crippen LogP contribution in [0.1, 0.15) is 19.8 Å². The van der Waals surface area contributed by atoms with Gasteiger partial charge in [0.05, 0.1) is 6.20 Å². The van der Waals surface area contributed by atoms with E-state index in [1.807, 2.05) is 0 Å². The monoisotopic (exact) mass is 257 g/mol. The molecular weight excluding hydrogens is 242 g/mol. The summed E-state index contributed by atoms with van der Waals surface area (Å²) >= 11 is 5.91. The summed E-state index contributed by atoms with van der Waals surface area (Å²) in [6.07, 6.45) is 2.73. The highest BCUT2D eigenvalue weighted by atomic mass is 35.5. The van der Waals surface area contributed by atoms with E-state index in [0.717, 1.165) is 13.0 Å². The quantitative estimate of drug-likeness (QED) is 0.683. The average molecular weight is 258 g/mol. The minimum atomic E-state index is -0.369. The molecule has 0 atom stereocenters. The van der Waals surface area contributed by atoms with Crippen molar-refractivity contribution in [2.24, 2.45) is 5.73 Å². The highest BCUT2D eigenvalue weighted by molar-refractivity contribution is 6.32. The first-order valence-electron chi connectivity index (χ1n) is 5.42. The van der Waals surface area contributed by atoms with Gasteiger partial charge in [-0.05, 0) is 6.42 Å². The zero-order valence-corrected chi connectivity index (χ0v) is 10.4. The van der Waals surface area contributed by atoms with Crippen molar-refractivity contribution in [3.05, 3.63) is 11.2 Å². The molecule has 1 aromatic rings. The van der Waals surface area contributed by atoms with Gasteiger partial charge in [0.25, 0.3) is 0 Å². The Kier molecular flexibility index (Phi) is 5.48. The van der Waals surface area contributed by atoms with E-state index in [1.54, 1.807) is 0 Å². The number of rotatable bonds is 7. The van der Waals surface area contributed by atoms with Crippen LogP contribution in [-0.2, 0) is 4.79 Å². The fourth-order valence-electron chi connectivity index (χ4n) is 1.12. The highest BCUT2D eigenvalue weighted by Gasteiger charge is 2.05. The van der Waals surface area contributed by atoms with Crippen LogP contribution in [0, 0.1) is 0 Å². The minimum Gasteiger partial charge on any atom is -0.370 e. The van der Waals surface area contributed by atoms with Crippen molar-refractivity contribution < 1.29 is 4.79 Å². The number of aromatic nitrogens is 2. The molecule has 17 heavy (non-hydrogen) atoms. The van der Waals surface area contributed by atoms with Gasteiger partial charge in [-0.25, -0.2) is 4.98 Å². The smallest absolute Gasteiger partial charge is 0.224 e. The van der Waals surface area contributed by atoms with E-state index in [-0.39, 0.29) is 12.3 Å². The van der Waals surface area contributed by atoms with Crippen molar-refractivity contribution in [1.29, 1.82) is 0 Å². The number of anilines is 2. The van der Waals surface area contributed by atoms with Gasteiger partial charge in [0, 0.05) is 19.5 Å². The number of primary amides is 1. The van der Waals surface area contributed by atoms with Crippen LogP contribution in [0.2, 0.25) is 5.02 Å². The van der Waals surface area contributed by atoms with Gasteiger partial charge in [-0.15, -0.1) is 0 Å². The Bertz CT molecular complexity index is 385. The van der Waals surface area contributed by atoms with Gasteiger partial charge in [0.1, 0.15) is 10.8 Å². The molecule has 0 aromatic carbocycles. The molecule has 1 rings (SSSR count). The predicted molar refractivity (Wildman–Crippen MR) is 68.1 cm³/mol. The first-order valence-corrected chi connectivity index (χ1v) is 5.80. The molecule has 6 nitrogen and oxygen atoms in total. The van der Waals surface area contributed by atoms with Crippen LogP contribution >= 0.6 is 11.6 Å². The molecule has 0 fully saturated rings. The normalized spacial score (nSPS) is 10.0. The highest BCUT2D eigenvalue weighted by Crippen LogP contribution is 2.19. The Morgan fingerprint density at radius 3 is 2.88 bits per heavy atom. The van der Waals surface area contributed by atoms with Gasteiger partial charge in [-0.1, -0.05) is 18.5 Å². The van der Waals surface area contributed by atoms with E-state index in [2.05, 4.69) is 27.5 Å². The van der Waals surface area contributed by atoms with E-state index in [0.29, 0.717) is 23.3 Å². The molecule has 0 aliphatic carbocycles. The number of nitrogens with one attached hydrogen (secondary N) is 2. The fraction of sp³-hybridized carbons (Fsp3) is 0.500. The standard InChI is InChI=1S/C10H16ClN5O/c1-2-4-14-10-15-6-7(11)9(16-10)13-5-3-8(12)17/h6H,2-5H2,1H3,(H2,12,17)(H2,13,14,15,16). The SMILES string of the molecule is CCCNc1ncc(Cl)c(NCCC(N)=O)n1. The molecule has 0 unspecified atom stereocenters. The Morgan fingerprint density at radius 1 is 1.47 bits per heavy atom. The predicted octanol–water partition coefficient (Wildman–Crippen LogP) is 1.24. The van der Waals surface area contributed by atoms with Gasteiger partial charge in [-0.3, -0.25) is 4.79 Å². The molecule has 0 bridgehead atoms. The Hall–Kier alpha value is -1.56. The van der Waals surface area contributed by atoms with Crippen molar-refractivity contribution in [1.82, 2.24) is 9.97 Å². The third-order valence-corrected chi connectivity index (χ3v) is 2.22. The molecule has 0 radical (unpaired) electrons. The number of hydrogen-bond donors (Lipinski definition) is 3. The number of amides is 1. The van der Waals surface area contributed by atoms with Crippen molar-refractivity contribution in [3.63, 3.8) is 0 Å². The Balaban J connectivity index is 2.59. The first-order chi connectivity index (χ1) is 8.13. The lowest BCUT2D eigenvalue weighted by atomic mass is 10.4. The molecule has 0 saturated heterocycles. The molecule has 0 aliphatic heterocycles. The van der Waals surface area contributed by atoms with Crippen LogP contribution in [0.4, 0.5) is 11.8 Å². The lowest BCUT2D eigenvalue weighted by Crippen LogP contribution is -2.16. The van der Waals surface area contributed by atoms with Gasteiger partial charge in [0.2, 0.25) is 11.9 Å². The van der Waals surface area contributed by atoms with Crippen LogP contribution in [0.15, 0.2) is 6.20 Å². The average Bonchev–Trinajstić information content (AvgIpc) is 2.29. The molecule has 0 spiro atoms. The maximum atomic E-state index is 10.6. The van der Waals surface area contributed by atoms with E-state index in [9.17, 15) is 4.79 Å². The molecule has 4 N–H and O–H groups in total. The number of carbonyl (C=O) groups excluding carboxylic acids is 1. The molecule has 7 heteroatoms. The van der Waals surface area contributed by atoms with Crippen molar-refractivity contribution in [2.75, 3.05) is 23.7 Å². The van der Waals surface area contributed by atoms with Gasteiger partial charge in [0.15, 0.2) is 0 Å². The van der Waals surface area contributed by atoms with E-state index < -0.39 is 0 Å². The van der Waals surface area contributed by atoms with Crippen LogP contribution in [-0.4, -0.2) is 29.0 Å². The minimum absolute atomic E-state index is 0.234. The largest absolute Gasteiger partial charge is 0.370 e. The molecule has 1 heterocycles. The second kappa shape index (κ2) is 6.90. The lowest BCUT2D eigenvalue weighted by Gasteiger charge is -2.08. The van der Waals surface area contributed by atoms with Crippen LogP contribution < -0.4 is 16.4 Å². The van der Waals surface area contributed by atoms with Gasteiger partial charge >= 0.3 is 0 Å². The second-order valence-corrected chi connectivity index (χ2v) is 3.87. The summed E-state index contributed by atoms with van der Waals surface area (Å²) in [5, 5.41) is 6.40. The van der Waals surface area contributed by atoms with E-state index >= 15 is 0 Å². The summed E-state index contributed by atoms with van der Waals surface area (Å²) in [5.74, 6) is 0.645. The number of nitrogens with two attached hydrogens (primary N) is 1. The number of hydrogen-bond acceptors (Lipinski definition) is 5. The Labute approximate surface area is 105 Å². The second-order valence-electron chi connectivity index (χ2n) is 3.46. The molecule has 94 valence electrons. The fourth-order valence-corrected chi connectivity index (χ4v) is 1.28. The van der Waals surface area contributed by atoms with E-state index in [4.69, 9.17) is 17.3 Å². The zero-order valence-electron chi connectivity index (χ0n) is 9.66. The topological polar surface area (TPSA) is 92.9 Å². The molecule has 1 aromatic heterocycles. The first kappa shape index (κ1) is 13.5. The molecule has 1 amide bonds. The van der Waals surface area contributed by atoms with Crippen LogP contribution in [0.25, 0.3) is 0 Å². The van der Waals surface area contributed by atoms with Crippen molar-refractivity contribution in [3.8, 4) is 0 Å². The third kappa shape index (κ3) is 4.86. The van der Waals surface area contributed by atoms with Crippen LogP contribution in [0.3, 0.4) is 0 Å². The summed E-state index contributed by atoms with van der Waals surface area (Å²) in [6, 6.07) is 0. The van der Waals surface area contributed by atoms with Crippen molar-refractivity contribution >= 4 is 29.3 Å². The summed E-state index contributed by atoms with van der Waals surface area (Å²) < 4.78 is 0. The molecular formula is C10H16ClN5O. The Morgan fingerprint density at radius 2 is 2.24 bits per heavy atom. The zero-order chi connectivity index (χ0) is 12.7. The number of halogens is 1. The molecule has 0 aliphatic rings. The maximum Gasteiger partial charge on any atom is 0.224 e. The lowest BCUT2D eigenvalue weighted by molar-refractivity contribution is -0.117. The third-order valence-electron chi connectivity index (χ3n) is 1.94. The summed E-state index contributed by atoms with van der Waals surface area (Å²) in [4.78, 5) is 18.8. The van der Waals surface area contributed by atoms with Crippen LogP contribution in [0.5, 0.6) is 0 Å². The van der Waals surface area contributed by atoms with Gasteiger partial charge < -0.3 is 16.4 Å². The summed E-state index contributed by atoms with van der Waals surface area (Å²) in [5.41, 5.74) is 5.03. The number of carbonyl (C=O) groups is 1. The number of nitrogens with zero attached hydrogens (tertiary/aromatic N) is 2. The maximum absolute atomic E-state index is 10.6.